The van der Waals surface area contributed by atoms with E-state index in [-0.39, 0.29) is 24.9 Å². The van der Waals surface area contributed by atoms with Gasteiger partial charge in [-0.1, -0.05) is 0 Å². The number of hydrogen-bond acceptors (Lipinski definition) is 7. The lowest BCUT2D eigenvalue weighted by Crippen LogP contribution is -2.52. The summed E-state index contributed by atoms with van der Waals surface area (Å²) in [6.45, 7) is 1.22. The molecule has 1 amide bonds. The Kier molecular flexibility index (Phi) is 7.19. The van der Waals surface area contributed by atoms with E-state index in [9.17, 15) is 19.5 Å². The number of carbonyl (C=O) groups excluding carboxylic acids is 2. The minimum Gasteiger partial charge on any atom is -0.481 e. The quantitative estimate of drug-likeness (QED) is 0.342. The van der Waals surface area contributed by atoms with E-state index in [1.807, 2.05) is 0 Å². The molecule has 1 aliphatic rings. The zero-order valence-corrected chi connectivity index (χ0v) is 13.3. The van der Waals surface area contributed by atoms with Gasteiger partial charge in [0.15, 0.2) is 5.11 Å². The van der Waals surface area contributed by atoms with Crippen LogP contribution in [0.25, 0.3) is 0 Å². The van der Waals surface area contributed by atoms with Crippen molar-refractivity contribution in [2.75, 3.05) is 26.9 Å². The first-order valence-electron chi connectivity index (χ1n) is 6.55. The molecule has 23 heavy (non-hydrogen) atoms. The number of carboxylic acids is 1. The van der Waals surface area contributed by atoms with Crippen LogP contribution < -0.4 is 10.6 Å². The first kappa shape index (κ1) is 18.6. The molecule has 0 fully saturated rings. The van der Waals surface area contributed by atoms with Crippen LogP contribution in [0.2, 0.25) is 0 Å². The summed E-state index contributed by atoms with van der Waals surface area (Å²) in [7, 11) is 1.20. The molecule has 0 spiro atoms. The fourth-order valence-corrected chi connectivity index (χ4v) is 2.14. The maximum absolute atomic E-state index is 11.4. The lowest BCUT2D eigenvalue weighted by molar-refractivity contribution is -0.140. The Labute approximate surface area is 137 Å². The van der Waals surface area contributed by atoms with E-state index in [0.29, 0.717) is 5.71 Å². The summed E-state index contributed by atoms with van der Waals surface area (Å²) in [5.74, 6) is -2.07. The van der Waals surface area contributed by atoms with E-state index >= 15 is 0 Å². The summed E-state index contributed by atoms with van der Waals surface area (Å²) < 4.78 is 13.9. The van der Waals surface area contributed by atoms with E-state index in [2.05, 4.69) is 20.4 Å². The topological polar surface area (TPSA) is 136 Å². The molecule has 0 aromatic heterocycles. The third-order valence-corrected chi connectivity index (χ3v) is 3.07. The zero-order chi connectivity index (χ0) is 17.4. The molecule has 3 N–H and O–H groups in total. The summed E-state index contributed by atoms with van der Waals surface area (Å²) in [6, 6.07) is -0.738. The van der Waals surface area contributed by atoms with Crippen molar-refractivity contribution in [2.24, 2.45) is 10.9 Å². The largest absolute Gasteiger partial charge is 0.508 e. The molecule has 2 atom stereocenters. The molecule has 128 valence electrons. The van der Waals surface area contributed by atoms with E-state index in [1.165, 1.54) is 14.0 Å². The molecule has 0 radical (unpaired) electrons. The molecule has 1 rings (SSSR count). The van der Waals surface area contributed by atoms with Crippen molar-refractivity contribution in [3.63, 3.8) is 0 Å². The Hall–Kier alpha value is -2.43. The number of nitrogens with one attached hydrogen (secondary N) is 2. The maximum atomic E-state index is 11.4. The summed E-state index contributed by atoms with van der Waals surface area (Å²) in [5, 5.41) is 14.3. The number of thiocarbonyl (C=S) groups is 1. The molecule has 1 aliphatic heterocycles. The van der Waals surface area contributed by atoms with Gasteiger partial charge in [0.05, 0.1) is 19.7 Å². The highest BCUT2D eigenvalue weighted by Gasteiger charge is 2.35. The molecule has 0 aromatic rings. The summed E-state index contributed by atoms with van der Waals surface area (Å²) in [4.78, 5) is 37.3. The highest BCUT2D eigenvalue weighted by molar-refractivity contribution is 7.80. The van der Waals surface area contributed by atoms with E-state index in [1.54, 1.807) is 0 Å². The average Bonchev–Trinajstić information content (AvgIpc) is 2.48. The van der Waals surface area contributed by atoms with Crippen LogP contribution in [0.15, 0.2) is 4.99 Å². The van der Waals surface area contributed by atoms with Crippen LogP contribution in [0.4, 0.5) is 9.59 Å². The molecular formula is C12H17N3O7S. The SMILES string of the molecule is COC(=O)NCCOC(=O)OCC1NC(=S)N=C(C)C1C(=O)O. The third kappa shape index (κ3) is 6.06. The van der Waals surface area contributed by atoms with Crippen LogP contribution in [0.1, 0.15) is 6.92 Å². The van der Waals surface area contributed by atoms with Gasteiger partial charge in [0.2, 0.25) is 0 Å². The minimum absolute atomic E-state index is 0.0526. The molecule has 0 saturated heterocycles. The number of carboxylic acid groups (broad SMARTS) is 1. The molecule has 0 aliphatic carbocycles. The average molecular weight is 347 g/mol. The Balaban J connectivity index is 2.39. The highest BCUT2D eigenvalue weighted by Crippen LogP contribution is 2.13. The van der Waals surface area contributed by atoms with Gasteiger partial charge in [-0.3, -0.25) is 4.79 Å². The van der Waals surface area contributed by atoms with Crippen molar-refractivity contribution >= 4 is 41.3 Å². The monoisotopic (exact) mass is 347 g/mol. The van der Waals surface area contributed by atoms with Gasteiger partial charge >= 0.3 is 18.2 Å². The third-order valence-electron chi connectivity index (χ3n) is 2.86. The second kappa shape index (κ2) is 8.88. The Bertz CT molecular complexity index is 523. The van der Waals surface area contributed by atoms with Crippen molar-refractivity contribution < 1.29 is 33.7 Å². The smallest absolute Gasteiger partial charge is 0.481 e. The van der Waals surface area contributed by atoms with Crippen molar-refractivity contribution in [3.8, 4) is 0 Å². The van der Waals surface area contributed by atoms with E-state index < -0.39 is 30.2 Å². The van der Waals surface area contributed by atoms with Gasteiger partial charge in [-0.2, -0.15) is 0 Å². The Morgan fingerprint density at radius 3 is 2.70 bits per heavy atom. The standard InChI is InChI=1S/C12H17N3O7S/c1-6-8(9(16)17)7(15-10(23)14-6)5-22-12(19)21-4-3-13-11(18)20-2/h7-8H,3-5H2,1-2H3,(H,13,18)(H,15,23)(H,16,17). The number of aliphatic carboxylic acids is 1. The molecule has 2 unspecified atom stereocenters. The van der Waals surface area contributed by atoms with E-state index in [4.69, 9.17) is 21.7 Å². The highest BCUT2D eigenvalue weighted by atomic mass is 32.1. The zero-order valence-electron chi connectivity index (χ0n) is 12.5. The van der Waals surface area contributed by atoms with Gasteiger partial charge in [-0.25, -0.2) is 14.6 Å². The van der Waals surface area contributed by atoms with Crippen LogP contribution in [-0.2, 0) is 19.0 Å². The van der Waals surface area contributed by atoms with Crippen molar-refractivity contribution in [3.05, 3.63) is 0 Å². The van der Waals surface area contributed by atoms with Gasteiger partial charge < -0.3 is 30.0 Å². The number of aliphatic imine (C=N–C) groups is 1. The maximum Gasteiger partial charge on any atom is 0.508 e. The van der Waals surface area contributed by atoms with Gasteiger partial charge in [-0.15, -0.1) is 0 Å². The number of carbonyl (C=O) groups is 3. The summed E-state index contributed by atoms with van der Waals surface area (Å²) in [6.07, 6.45) is -1.64. The molecular weight excluding hydrogens is 330 g/mol. The Morgan fingerprint density at radius 2 is 2.09 bits per heavy atom. The number of nitrogens with zero attached hydrogens (tertiary/aromatic N) is 1. The first-order valence-corrected chi connectivity index (χ1v) is 6.95. The van der Waals surface area contributed by atoms with Gasteiger partial charge in [0.25, 0.3) is 0 Å². The van der Waals surface area contributed by atoms with Crippen LogP contribution in [0.3, 0.4) is 0 Å². The van der Waals surface area contributed by atoms with Crippen molar-refractivity contribution in [2.45, 2.75) is 13.0 Å². The minimum atomic E-state index is -1.11. The van der Waals surface area contributed by atoms with Crippen LogP contribution >= 0.6 is 12.2 Å². The predicted molar refractivity (Wildman–Crippen MR) is 81.5 cm³/mol. The normalized spacial score (nSPS) is 19.9. The second-order valence-corrected chi connectivity index (χ2v) is 4.84. The molecule has 0 aromatic carbocycles. The lowest BCUT2D eigenvalue weighted by Gasteiger charge is -2.28. The fraction of sp³-hybridized carbons (Fsp3) is 0.583. The molecule has 0 saturated carbocycles. The first-order chi connectivity index (χ1) is 10.8. The number of ether oxygens (including phenoxy) is 3. The second-order valence-electron chi connectivity index (χ2n) is 4.45. The molecule has 11 heteroatoms. The number of methoxy groups -OCH3 is 1. The number of hydrogen-bond donors (Lipinski definition) is 3. The number of rotatable bonds is 6. The van der Waals surface area contributed by atoms with Crippen LogP contribution in [0, 0.1) is 5.92 Å². The molecule has 10 nitrogen and oxygen atoms in total. The Morgan fingerprint density at radius 1 is 1.39 bits per heavy atom. The number of amides is 1. The summed E-state index contributed by atoms with van der Waals surface area (Å²) >= 11 is 4.89. The lowest BCUT2D eigenvalue weighted by atomic mass is 9.94. The molecule has 1 heterocycles. The van der Waals surface area contributed by atoms with Crippen LogP contribution in [-0.4, -0.2) is 67.1 Å². The summed E-state index contributed by atoms with van der Waals surface area (Å²) in [5.41, 5.74) is 0.325. The van der Waals surface area contributed by atoms with Gasteiger partial charge in [0, 0.05) is 5.71 Å². The van der Waals surface area contributed by atoms with Gasteiger partial charge in [0.1, 0.15) is 19.1 Å². The predicted octanol–water partition coefficient (Wildman–Crippen LogP) is -0.0860. The van der Waals surface area contributed by atoms with Gasteiger partial charge in [-0.05, 0) is 19.1 Å². The van der Waals surface area contributed by atoms with Crippen molar-refractivity contribution in [1.82, 2.24) is 10.6 Å². The number of alkyl carbamates (subject to hydrolysis) is 1. The van der Waals surface area contributed by atoms with E-state index in [0.717, 1.165) is 0 Å². The molecule has 0 bridgehead atoms. The van der Waals surface area contributed by atoms with Crippen molar-refractivity contribution in [1.29, 1.82) is 0 Å². The fourth-order valence-electron chi connectivity index (χ4n) is 1.84. The van der Waals surface area contributed by atoms with Crippen LogP contribution in [0.5, 0.6) is 0 Å².